The van der Waals surface area contributed by atoms with Gasteiger partial charge in [-0.15, -0.1) is 0 Å². The first-order valence-electron chi connectivity index (χ1n) is 12.4. The number of furan rings is 1. The molecule has 3 heterocycles. The van der Waals surface area contributed by atoms with E-state index in [9.17, 15) is 0 Å². The summed E-state index contributed by atoms with van der Waals surface area (Å²) in [4.78, 5) is 6.70. The molecule has 4 aromatic rings. The third kappa shape index (κ3) is 4.93. The quantitative estimate of drug-likeness (QED) is 0.245. The Morgan fingerprint density at radius 2 is 1.76 bits per heavy atom. The van der Waals surface area contributed by atoms with Crippen molar-refractivity contribution in [2.75, 3.05) is 4.90 Å². The highest BCUT2D eigenvalue weighted by molar-refractivity contribution is 7.80. The summed E-state index contributed by atoms with van der Waals surface area (Å²) in [6, 6.07) is 23.0. The van der Waals surface area contributed by atoms with Crippen LogP contribution in [0.3, 0.4) is 0 Å². The number of hydrogen-bond donors (Lipinski definition) is 1. The molecule has 1 aliphatic heterocycles. The molecule has 0 unspecified atom stereocenters. The summed E-state index contributed by atoms with van der Waals surface area (Å²) in [6.07, 6.45) is 6.81. The van der Waals surface area contributed by atoms with Gasteiger partial charge in [-0.3, -0.25) is 4.98 Å². The number of benzene rings is 2. The van der Waals surface area contributed by atoms with Gasteiger partial charge in [0.05, 0.1) is 27.9 Å². The number of halogens is 2. The Hall–Kier alpha value is -3.06. The van der Waals surface area contributed by atoms with Crippen molar-refractivity contribution in [3.05, 3.63) is 100 Å². The van der Waals surface area contributed by atoms with Crippen molar-refractivity contribution >= 4 is 46.2 Å². The van der Waals surface area contributed by atoms with Crippen molar-refractivity contribution in [1.29, 1.82) is 0 Å². The Kier molecular flexibility index (Phi) is 6.80. The zero-order valence-corrected chi connectivity index (χ0v) is 22.3. The molecule has 2 aromatic carbocycles. The molecular weight excluding hydrogens is 525 g/mol. The second-order valence-electron chi connectivity index (χ2n) is 9.35. The van der Waals surface area contributed by atoms with Crippen molar-refractivity contribution in [1.82, 2.24) is 10.3 Å². The molecule has 1 saturated heterocycles. The lowest BCUT2D eigenvalue weighted by Gasteiger charge is -2.26. The van der Waals surface area contributed by atoms with Gasteiger partial charge in [0.1, 0.15) is 23.3 Å². The van der Waals surface area contributed by atoms with Gasteiger partial charge < -0.3 is 19.4 Å². The zero-order chi connectivity index (χ0) is 25.4. The highest BCUT2D eigenvalue weighted by Gasteiger charge is 2.42. The van der Waals surface area contributed by atoms with E-state index in [2.05, 4.69) is 27.3 Å². The molecule has 6 rings (SSSR count). The number of ether oxygens (including phenoxy) is 1. The Labute approximate surface area is 231 Å². The van der Waals surface area contributed by atoms with Gasteiger partial charge in [0.25, 0.3) is 0 Å². The van der Waals surface area contributed by atoms with Crippen LogP contribution in [0.1, 0.15) is 49.2 Å². The van der Waals surface area contributed by atoms with Crippen LogP contribution in [0.15, 0.2) is 83.4 Å². The van der Waals surface area contributed by atoms with Crippen molar-refractivity contribution in [2.24, 2.45) is 0 Å². The molecule has 0 radical (unpaired) electrons. The van der Waals surface area contributed by atoms with Crippen LogP contribution in [0.25, 0.3) is 11.3 Å². The van der Waals surface area contributed by atoms with Gasteiger partial charge in [-0.05, 0) is 105 Å². The number of rotatable bonds is 6. The fourth-order valence-electron chi connectivity index (χ4n) is 5.12. The minimum Gasteiger partial charge on any atom is -0.490 e. The van der Waals surface area contributed by atoms with Crippen molar-refractivity contribution < 1.29 is 9.15 Å². The predicted octanol–water partition coefficient (Wildman–Crippen LogP) is 8.15. The second-order valence-corrected chi connectivity index (χ2v) is 10.5. The summed E-state index contributed by atoms with van der Waals surface area (Å²) in [5, 5.41) is 5.06. The van der Waals surface area contributed by atoms with Crippen molar-refractivity contribution in [3.8, 4) is 17.1 Å². The van der Waals surface area contributed by atoms with Crippen LogP contribution >= 0.6 is 35.4 Å². The van der Waals surface area contributed by atoms with E-state index in [0.717, 1.165) is 41.3 Å². The molecule has 2 aromatic heterocycles. The summed E-state index contributed by atoms with van der Waals surface area (Å²) < 4.78 is 12.6. The van der Waals surface area contributed by atoms with Gasteiger partial charge >= 0.3 is 0 Å². The van der Waals surface area contributed by atoms with E-state index in [1.54, 1.807) is 18.3 Å². The highest BCUT2D eigenvalue weighted by Crippen LogP contribution is 2.43. The smallest absolute Gasteiger partial charge is 0.174 e. The molecule has 5 nitrogen and oxygen atoms in total. The molecule has 188 valence electrons. The maximum absolute atomic E-state index is 6.42. The number of thiocarbonyl (C=S) groups is 1. The number of pyridine rings is 1. The zero-order valence-electron chi connectivity index (χ0n) is 19.9. The molecule has 1 saturated carbocycles. The first-order chi connectivity index (χ1) is 18.1. The average Bonchev–Trinajstić information content (AvgIpc) is 3.67. The lowest BCUT2D eigenvalue weighted by Crippen LogP contribution is -2.29. The highest BCUT2D eigenvalue weighted by atomic mass is 35.5. The monoisotopic (exact) mass is 549 g/mol. The molecule has 0 bridgehead atoms. The number of nitrogens with one attached hydrogen (secondary N) is 1. The van der Waals surface area contributed by atoms with Gasteiger partial charge in [0.2, 0.25) is 0 Å². The molecule has 0 amide bonds. The number of hydrogen-bond acceptors (Lipinski definition) is 4. The van der Waals surface area contributed by atoms with Crippen molar-refractivity contribution in [2.45, 2.75) is 43.9 Å². The second kappa shape index (κ2) is 10.4. The van der Waals surface area contributed by atoms with Crippen molar-refractivity contribution in [3.63, 3.8) is 0 Å². The SMILES string of the molecule is S=C1N[C@H](c2ccccn2)[C@H](c2ccc(-c3ccc(Cl)c(Cl)c3)o2)N1c1ccc(OC2CCCC2)cc1. The Balaban J connectivity index is 1.35. The third-order valence-electron chi connectivity index (χ3n) is 6.94. The van der Waals surface area contributed by atoms with Crippen LogP contribution in [-0.4, -0.2) is 16.2 Å². The van der Waals surface area contributed by atoms with E-state index in [1.807, 2.05) is 48.5 Å². The minimum atomic E-state index is -0.250. The van der Waals surface area contributed by atoms with E-state index < -0.39 is 0 Å². The molecule has 1 aliphatic carbocycles. The van der Waals surface area contributed by atoms with Crippen LogP contribution in [-0.2, 0) is 0 Å². The van der Waals surface area contributed by atoms with Crippen LogP contribution in [0.2, 0.25) is 10.0 Å². The van der Waals surface area contributed by atoms with Crippen LogP contribution in [0.4, 0.5) is 5.69 Å². The molecule has 1 N–H and O–H groups in total. The van der Waals surface area contributed by atoms with Crippen LogP contribution < -0.4 is 15.0 Å². The molecule has 0 spiro atoms. The van der Waals surface area contributed by atoms with E-state index in [4.69, 9.17) is 44.6 Å². The van der Waals surface area contributed by atoms with Gasteiger partial charge in [-0.2, -0.15) is 0 Å². The number of aromatic nitrogens is 1. The van der Waals surface area contributed by atoms with Gasteiger partial charge in [-0.1, -0.05) is 29.3 Å². The summed E-state index contributed by atoms with van der Waals surface area (Å²) in [6.45, 7) is 0. The summed E-state index contributed by atoms with van der Waals surface area (Å²) in [5.41, 5.74) is 2.68. The molecule has 2 aliphatic rings. The largest absolute Gasteiger partial charge is 0.490 e. The van der Waals surface area contributed by atoms with E-state index in [0.29, 0.717) is 27.0 Å². The normalized spacial score (nSPS) is 19.8. The standard InChI is InChI=1S/C29H25Cl2N3O2S/c30-22-13-8-18(17-23(22)31)25-14-15-26(36-25)28-27(24-7-3-4-16-32-24)33-29(37)34(28)19-9-11-21(12-10-19)35-20-5-1-2-6-20/h3-4,7-17,20,27-28H,1-2,5-6H2,(H,33,37)/t27-,28+/m1/s1. The van der Waals surface area contributed by atoms with Crippen LogP contribution in [0, 0.1) is 0 Å². The summed E-state index contributed by atoms with van der Waals surface area (Å²) in [7, 11) is 0. The van der Waals surface area contributed by atoms with Gasteiger partial charge in [0.15, 0.2) is 5.11 Å². The average molecular weight is 551 g/mol. The minimum absolute atomic E-state index is 0.198. The molecule has 2 fully saturated rings. The van der Waals surface area contributed by atoms with Gasteiger partial charge in [0, 0.05) is 17.4 Å². The third-order valence-corrected chi connectivity index (χ3v) is 7.99. The van der Waals surface area contributed by atoms with E-state index >= 15 is 0 Å². The van der Waals surface area contributed by atoms with Crippen LogP contribution in [0.5, 0.6) is 5.75 Å². The fourth-order valence-corrected chi connectivity index (χ4v) is 5.77. The van der Waals surface area contributed by atoms with E-state index in [1.165, 1.54) is 12.8 Å². The Morgan fingerprint density at radius 1 is 0.946 bits per heavy atom. The maximum atomic E-state index is 6.42. The number of nitrogens with zero attached hydrogens (tertiary/aromatic N) is 2. The summed E-state index contributed by atoms with van der Waals surface area (Å²) in [5.74, 6) is 2.34. The molecular formula is C29H25Cl2N3O2S. The van der Waals surface area contributed by atoms with E-state index in [-0.39, 0.29) is 12.1 Å². The molecule has 8 heteroatoms. The Bertz CT molecular complexity index is 1400. The maximum Gasteiger partial charge on any atom is 0.174 e. The van der Waals surface area contributed by atoms with Gasteiger partial charge in [-0.25, -0.2) is 0 Å². The lowest BCUT2D eigenvalue weighted by molar-refractivity contribution is 0.210. The fraction of sp³-hybridized carbons (Fsp3) is 0.241. The molecule has 2 atom stereocenters. The first kappa shape index (κ1) is 24.3. The predicted molar refractivity (Wildman–Crippen MR) is 151 cm³/mol. The Morgan fingerprint density at radius 3 is 2.49 bits per heavy atom. The molecule has 37 heavy (non-hydrogen) atoms. The topological polar surface area (TPSA) is 50.5 Å². The summed E-state index contributed by atoms with van der Waals surface area (Å²) >= 11 is 18.2. The lowest BCUT2D eigenvalue weighted by atomic mass is 10.0. The first-order valence-corrected chi connectivity index (χ1v) is 13.6. The number of anilines is 1.